The second-order valence-electron chi connectivity index (χ2n) is 5.87. The SMILES string of the molecule is CC(C)(C)NCc1nnc(CCC2CCCO2)s1. The zero-order chi connectivity index (χ0) is 13.0. The Balaban J connectivity index is 1.75. The van der Waals surface area contributed by atoms with Gasteiger partial charge in [0.1, 0.15) is 10.0 Å². The van der Waals surface area contributed by atoms with Crippen molar-refractivity contribution in [3.63, 3.8) is 0 Å². The highest BCUT2D eigenvalue weighted by Gasteiger charge is 2.16. The maximum Gasteiger partial charge on any atom is 0.131 e. The standard InChI is InChI=1S/C13H23N3OS/c1-13(2,3)14-9-12-16-15-11(18-12)7-6-10-5-4-8-17-10/h10,14H,4-9H2,1-3H3. The average Bonchev–Trinajstić information content (AvgIpc) is 2.94. The highest BCUT2D eigenvalue weighted by Crippen LogP contribution is 2.19. The van der Waals surface area contributed by atoms with Gasteiger partial charge in [-0.15, -0.1) is 21.5 Å². The quantitative estimate of drug-likeness (QED) is 0.892. The molecule has 102 valence electrons. The molecule has 1 aliphatic rings. The van der Waals surface area contributed by atoms with Gasteiger partial charge in [0.25, 0.3) is 0 Å². The lowest BCUT2D eigenvalue weighted by molar-refractivity contribution is 0.104. The van der Waals surface area contributed by atoms with Crippen molar-refractivity contribution < 1.29 is 4.74 Å². The van der Waals surface area contributed by atoms with Gasteiger partial charge in [-0.1, -0.05) is 0 Å². The number of rotatable bonds is 5. The van der Waals surface area contributed by atoms with E-state index in [2.05, 4.69) is 36.3 Å². The fourth-order valence-corrected chi connectivity index (χ4v) is 2.76. The van der Waals surface area contributed by atoms with Crippen LogP contribution in [0.15, 0.2) is 0 Å². The van der Waals surface area contributed by atoms with E-state index in [1.165, 1.54) is 12.8 Å². The van der Waals surface area contributed by atoms with Crippen molar-refractivity contribution in [3.05, 3.63) is 10.0 Å². The molecule has 1 fully saturated rings. The van der Waals surface area contributed by atoms with E-state index in [0.717, 1.165) is 36.0 Å². The monoisotopic (exact) mass is 269 g/mol. The summed E-state index contributed by atoms with van der Waals surface area (Å²) in [6.07, 6.45) is 4.95. The lowest BCUT2D eigenvalue weighted by Gasteiger charge is -2.19. The summed E-state index contributed by atoms with van der Waals surface area (Å²) < 4.78 is 5.62. The van der Waals surface area contributed by atoms with Crippen molar-refractivity contribution in [2.75, 3.05) is 6.61 Å². The molecule has 0 aromatic carbocycles. The molecule has 0 saturated carbocycles. The van der Waals surface area contributed by atoms with Gasteiger partial charge in [0.2, 0.25) is 0 Å². The van der Waals surface area contributed by atoms with Crippen molar-refractivity contribution >= 4 is 11.3 Å². The summed E-state index contributed by atoms with van der Waals surface area (Å²) in [5.41, 5.74) is 0.128. The van der Waals surface area contributed by atoms with Gasteiger partial charge >= 0.3 is 0 Å². The third kappa shape index (κ3) is 4.63. The molecule has 1 aromatic rings. The van der Waals surface area contributed by atoms with Crippen molar-refractivity contribution in [1.29, 1.82) is 0 Å². The molecular weight excluding hydrogens is 246 g/mol. The van der Waals surface area contributed by atoms with Crippen LogP contribution in [-0.4, -0.2) is 28.4 Å². The smallest absolute Gasteiger partial charge is 0.131 e. The molecule has 0 bridgehead atoms. The summed E-state index contributed by atoms with van der Waals surface area (Å²) in [5.74, 6) is 0. The first-order valence-corrected chi connectivity index (χ1v) is 7.52. The van der Waals surface area contributed by atoms with Crippen LogP contribution in [0, 0.1) is 0 Å². The summed E-state index contributed by atoms with van der Waals surface area (Å²) in [6, 6.07) is 0. The fourth-order valence-electron chi connectivity index (χ4n) is 1.96. The number of nitrogens with one attached hydrogen (secondary N) is 1. The van der Waals surface area contributed by atoms with Gasteiger partial charge in [0.15, 0.2) is 0 Å². The van der Waals surface area contributed by atoms with Gasteiger partial charge < -0.3 is 10.1 Å². The predicted molar refractivity (Wildman–Crippen MR) is 73.8 cm³/mol. The molecule has 1 unspecified atom stereocenters. The van der Waals surface area contributed by atoms with Crippen LogP contribution in [0.3, 0.4) is 0 Å². The zero-order valence-corrected chi connectivity index (χ0v) is 12.3. The van der Waals surface area contributed by atoms with Gasteiger partial charge in [-0.3, -0.25) is 0 Å². The van der Waals surface area contributed by atoms with Gasteiger partial charge in [0, 0.05) is 18.6 Å². The number of aryl methyl sites for hydroxylation is 1. The third-order valence-electron chi connectivity index (χ3n) is 2.98. The Hall–Kier alpha value is -0.520. The summed E-state index contributed by atoms with van der Waals surface area (Å²) in [6.45, 7) is 8.22. The minimum Gasteiger partial charge on any atom is -0.378 e. The maximum absolute atomic E-state index is 5.62. The van der Waals surface area contributed by atoms with E-state index in [1.807, 2.05) is 0 Å². The van der Waals surface area contributed by atoms with Crippen LogP contribution >= 0.6 is 11.3 Å². The van der Waals surface area contributed by atoms with Crippen LogP contribution < -0.4 is 5.32 Å². The molecule has 1 saturated heterocycles. The van der Waals surface area contributed by atoms with E-state index >= 15 is 0 Å². The number of aromatic nitrogens is 2. The molecule has 0 spiro atoms. The molecule has 0 amide bonds. The Morgan fingerprint density at radius 3 is 2.78 bits per heavy atom. The van der Waals surface area contributed by atoms with Gasteiger partial charge in [-0.05, 0) is 40.0 Å². The number of hydrogen-bond acceptors (Lipinski definition) is 5. The molecule has 5 heteroatoms. The van der Waals surface area contributed by atoms with Crippen LogP contribution in [0.1, 0.15) is 50.0 Å². The molecule has 2 rings (SSSR count). The normalized spacial score (nSPS) is 20.5. The van der Waals surface area contributed by atoms with E-state index in [4.69, 9.17) is 4.74 Å². The third-order valence-corrected chi connectivity index (χ3v) is 3.97. The Bertz CT molecular complexity index is 367. The first-order valence-electron chi connectivity index (χ1n) is 6.71. The van der Waals surface area contributed by atoms with Crippen LogP contribution in [0.4, 0.5) is 0 Å². The Morgan fingerprint density at radius 1 is 1.33 bits per heavy atom. The maximum atomic E-state index is 5.62. The lowest BCUT2D eigenvalue weighted by Crippen LogP contribution is -2.35. The fraction of sp³-hybridized carbons (Fsp3) is 0.846. The highest BCUT2D eigenvalue weighted by atomic mass is 32.1. The first kappa shape index (κ1) is 13.9. The van der Waals surface area contributed by atoms with Crippen LogP contribution in [0.2, 0.25) is 0 Å². The lowest BCUT2D eigenvalue weighted by atomic mass is 10.1. The number of ether oxygens (including phenoxy) is 1. The molecule has 1 atom stereocenters. The minimum atomic E-state index is 0.128. The molecular formula is C13H23N3OS. The molecule has 4 nitrogen and oxygen atoms in total. The molecule has 2 heterocycles. The van der Waals surface area contributed by atoms with E-state index in [-0.39, 0.29) is 5.54 Å². The van der Waals surface area contributed by atoms with E-state index in [0.29, 0.717) is 6.10 Å². The summed E-state index contributed by atoms with van der Waals surface area (Å²) in [4.78, 5) is 0. The Morgan fingerprint density at radius 2 is 2.11 bits per heavy atom. The molecule has 1 aromatic heterocycles. The Labute approximate surface area is 113 Å². The van der Waals surface area contributed by atoms with Crippen molar-refractivity contribution in [3.8, 4) is 0 Å². The van der Waals surface area contributed by atoms with Crippen LogP contribution in [0.5, 0.6) is 0 Å². The average molecular weight is 269 g/mol. The summed E-state index contributed by atoms with van der Waals surface area (Å²) in [5, 5.41) is 14.1. The molecule has 18 heavy (non-hydrogen) atoms. The minimum absolute atomic E-state index is 0.128. The van der Waals surface area contributed by atoms with E-state index in [1.54, 1.807) is 11.3 Å². The van der Waals surface area contributed by atoms with Crippen molar-refractivity contribution in [2.45, 2.75) is 64.6 Å². The van der Waals surface area contributed by atoms with Gasteiger partial charge in [0.05, 0.1) is 12.6 Å². The van der Waals surface area contributed by atoms with Crippen molar-refractivity contribution in [1.82, 2.24) is 15.5 Å². The van der Waals surface area contributed by atoms with E-state index in [9.17, 15) is 0 Å². The zero-order valence-electron chi connectivity index (χ0n) is 11.5. The second kappa shape index (κ2) is 6.08. The van der Waals surface area contributed by atoms with Gasteiger partial charge in [-0.25, -0.2) is 0 Å². The number of nitrogens with zero attached hydrogens (tertiary/aromatic N) is 2. The largest absolute Gasteiger partial charge is 0.378 e. The van der Waals surface area contributed by atoms with Crippen LogP contribution in [-0.2, 0) is 17.7 Å². The topological polar surface area (TPSA) is 47.0 Å². The highest BCUT2D eigenvalue weighted by molar-refractivity contribution is 7.11. The second-order valence-corrected chi connectivity index (χ2v) is 7.01. The summed E-state index contributed by atoms with van der Waals surface area (Å²) >= 11 is 1.72. The Kier molecular flexibility index (Phi) is 4.70. The van der Waals surface area contributed by atoms with Crippen molar-refractivity contribution in [2.24, 2.45) is 0 Å². The van der Waals surface area contributed by atoms with Gasteiger partial charge in [-0.2, -0.15) is 0 Å². The first-order chi connectivity index (χ1) is 8.53. The summed E-state index contributed by atoms with van der Waals surface area (Å²) in [7, 11) is 0. The van der Waals surface area contributed by atoms with E-state index < -0.39 is 0 Å². The molecule has 1 N–H and O–H groups in total. The molecule has 0 radical (unpaired) electrons. The number of hydrogen-bond donors (Lipinski definition) is 1. The predicted octanol–water partition coefficient (Wildman–Crippen LogP) is 2.54. The molecule has 1 aliphatic heterocycles. The molecule has 0 aliphatic carbocycles. The van der Waals surface area contributed by atoms with Crippen LogP contribution in [0.25, 0.3) is 0 Å².